The largest absolute Gasteiger partial charge is 0.383 e. The average Bonchev–Trinajstić information content (AvgIpc) is 2.71. The highest BCUT2D eigenvalue weighted by Gasteiger charge is 2.32. The molecule has 3 rings (SSSR count). The molecule has 1 aliphatic rings. The number of rotatable bonds is 3. The normalized spacial score (nSPS) is 15.3. The third kappa shape index (κ3) is 2.36. The van der Waals surface area contributed by atoms with Crippen molar-refractivity contribution in [3.8, 4) is 0 Å². The summed E-state index contributed by atoms with van der Waals surface area (Å²) in [4.78, 5) is 27.1. The quantitative estimate of drug-likeness (QED) is 0.840. The Bertz CT molecular complexity index is 766. The second-order valence-electron chi connectivity index (χ2n) is 5.40. The maximum Gasteiger partial charge on any atom is 0.271 e. The first-order chi connectivity index (χ1) is 10.5. The summed E-state index contributed by atoms with van der Waals surface area (Å²) in [5, 5.41) is 0.832. The minimum Gasteiger partial charge on any atom is -0.383 e. The van der Waals surface area contributed by atoms with E-state index in [4.69, 9.17) is 4.74 Å². The lowest BCUT2D eigenvalue weighted by molar-refractivity contribution is 0.0690. The van der Waals surface area contributed by atoms with Gasteiger partial charge in [0.15, 0.2) is 5.78 Å². The van der Waals surface area contributed by atoms with Gasteiger partial charge in [0.05, 0.1) is 12.2 Å². The van der Waals surface area contributed by atoms with E-state index < -0.39 is 0 Å². The Morgan fingerprint density at radius 2 is 2.09 bits per heavy atom. The standard InChI is InChI=1S/C16H17BrN2O3/c1-18-12-4-3-10(17)9-11(12)14-13(20)5-6-19(7-8-22-2)16(21)15(14)18/h3-4,9H,5-8H2,1-2H3. The Balaban J connectivity index is 2.19. The number of hydrogen-bond acceptors (Lipinski definition) is 3. The van der Waals surface area contributed by atoms with Crippen LogP contribution < -0.4 is 0 Å². The molecule has 22 heavy (non-hydrogen) atoms. The highest BCUT2D eigenvalue weighted by atomic mass is 79.9. The first kappa shape index (κ1) is 15.2. The van der Waals surface area contributed by atoms with Crippen LogP contribution in [-0.2, 0) is 11.8 Å². The Morgan fingerprint density at radius 1 is 1.32 bits per heavy atom. The second-order valence-corrected chi connectivity index (χ2v) is 6.32. The lowest BCUT2D eigenvalue weighted by Gasteiger charge is -2.20. The first-order valence-corrected chi connectivity index (χ1v) is 7.93. The lowest BCUT2D eigenvalue weighted by atomic mass is 10.1. The van der Waals surface area contributed by atoms with Gasteiger partial charge in [-0.15, -0.1) is 0 Å². The van der Waals surface area contributed by atoms with E-state index in [9.17, 15) is 9.59 Å². The number of hydrogen-bond donors (Lipinski definition) is 0. The van der Waals surface area contributed by atoms with E-state index >= 15 is 0 Å². The third-order valence-electron chi connectivity index (χ3n) is 4.10. The fourth-order valence-corrected chi connectivity index (χ4v) is 3.34. The number of ketones is 1. The number of nitrogens with zero attached hydrogens (tertiary/aromatic N) is 2. The maximum atomic E-state index is 12.8. The van der Waals surface area contributed by atoms with Crippen LogP contribution in [0.2, 0.25) is 0 Å². The number of carbonyl (C=O) groups is 2. The first-order valence-electron chi connectivity index (χ1n) is 7.14. The number of fused-ring (bicyclic) bond motifs is 3. The van der Waals surface area contributed by atoms with Crippen LogP contribution in [0.15, 0.2) is 22.7 Å². The number of methoxy groups -OCH3 is 1. The molecular formula is C16H17BrN2O3. The van der Waals surface area contributed by atoms with Crippen LogP contribution in [0.3, 0.4) is 0 Å². The molecule has 0 atom stereocenters. The van der Waals surface area contributed by atoms with Gasteiger partial charge in [-0.05, 0) is 18.2 Å². The molecule has 0 spiro atoms. The number of aromatic nitrogens is 1. The minimum absolute atomic E-state index is 0.0203. The molecule has 0 fully saturated rings. The topological polar surface area (TPSA) is 51.5 Å². The second kappa shape index (κ2) is 5.85. The van der Waals surface area contributed by atoms with Gasteiger partial charge in [-0.3, -0.25) is 9.59 Å². The number of amides is 1. The number of carbonyl (C=O) groups excluding carboxylic acids is 2. The van der Waals surface area contributed by atoms with Crippen molar-refractivity contribution >= 4 is 38.5 Å². The molecule has 1 aliphatic heterocycles. The van der Waals surface area contributed by atoms with E-state index in [1.54, 1.807) is 12.0 Å². The van der Waals surface area contributed by atoms with Crippen molar-refractivity contribution in [1.82, 2.24) is 9.47 Å². The summed E-state index contributed by atoms with van der Waals surface area (Å²) in [6.45, 7) is 1.39. The van der Waals surface area contributed by atoms with Gasteiger partial charge in [0, 0.05) is 49.0 Å². The summed E-state index contributed by atoms with van der Waals surface area (Å²) >= 11 is 3.44. The van der Waals surface area contributed by atoms with Gasteiger partial charge in [0.1, 0.15) is 5.69 Å². The maximum absolute atomic E-state index is 12.8. The zero-order valence-electron chi connectivity index (χ0n) is 12.6. The van der Waals surface area contributed by atoms with E-state index in [0.717, 1.165) is 15.4 Å². The van der Waals surface area contributed by atoms with Crippen molar-refractivity contribution in [3.05, 3.63) is 33.9 Å². The van der Waals surface area contributed by atoms with Crippen molar-refractivity contribution in [2.45, 2.75) is 6.42 Å². The summed E-state index contributed by atoms with van der Waals surface area (Å²) in [5.74, 6) is -0.0836. The molecule has 0 saturated heterocycles. The zero-order valence-corrected chi connectivity index (χ0v) is 14.1. The number of ether oxygens (including phenoxy) is 1. The summed E-state index contributed by atoms with van der Waals surface area (Å²) in [5.41, 5.74) is 1.92. The van der Waals surface area contributed by atoms with Crippen LogP contribution in [0.5, 0.6) is 0 Å². The highest BCUT2D eigenvalue weighted by Crippen LogP contribution is 2.31. The number of halogens is 1. The molecule has 116 valence electrons. The van der Waals surface area contributed by atoms with Crippen molar-refractivity contribution in [2.24, 2.45) is 7.05 Å². The molecule has 2 heterocycles. The zero-order chi connectivity index (χ0) is 15.9. The number of aryl methyl sites for hydroxylation is 1. The van der Waals surface area contributed by atoms with E-state index in [0.29, 0.717) is 37.4 Å². The molecule has 1 aromatic heterocycles. The molecule has 5 nitrogen and oxygen atoms in total. The van der Waals surface area contributed by atoms with Gasteiger partial charge in [0.25, 0.3) is 5.91 Å². The molecule has 0 saturated carbocycles. The van der Waals surface area contributed by atoms with E-state index in [2.05, 4.69) is 15.9 Å². The summed E-state index contributed by atoms with van der Waals surface area (Å²) in [7, 11) is 3.44. The van der Waals surface area contributed by atoms with Crippen molar-refractivity contribution in [3.63, 3.8) is 0 Å². The minimum atomic E-state index is -0.104. The van der Waals surface area contributed by atoms with Crippen LogP contribution in [0.1, 0.15) is 27.3 Å². The van der Waals surface area contributed by atoms with Crippen LogP contribution in [0.4, 0.5) is 0 Å². The van der Waals surface area contributed by atoms with E-state index in [-0.39, 0.29) is 11.7 Å². The van der Waals surface area contributed by atoms with Crippen molar-refractivity contribution in [2.75, 3.05) is 26.8 Å². The predicted octanol–water partition coefficient (Wildman–Crippen LogP) is 2.62. The molecular weight excluding hydrogens is 348 g/mol. The summed E-state index contributed by atoms with van der Waals surface area (Å²) < 4.78 is 7.78. The molecule has 0 radical (unpaired) electrons. The number of benzene rings is 1. The number of Topliss-reactive ketones (excluding diaryl/α,β-unsaturated/α-hetero) is 1. The molecule has 6 heteroatoms. The van der Waals surface area contributed by atoms with Gasteiger partial charge >= 0.3 is 0 Å². The predicted molar refractivity (Wildman–Crippen MR) is 87.3 cm³/mol. The van der Waals surface area contributed by atoms with E-state index in [1.165, 1.54) is 0 Å². The summed E-state index contributed by atoms with van der Waals surface area (Å²) in [6.07, 6.45) is 0.341. The molecule has 2 aromatic rings. The fourth-order valence-electron chi connectivity index (χ4n) is 2.98. The Kier molecular flexibility index (Phi) is 4.06. The highest BCUT2D eigenvalue weighted by molar-refractivity contribution is 9.10. The molecule has 0 aliphatic carbocycles. The summed E-state index contributed by atoms with van der Waals surface area (Å²) in [6, 6.07) is 5.75. The van der Waals surface area contributed by atoms with Crippen LogP contribution in [-0.4, -0.2) is 48.0 Å². The Labute approximate surface area is 137 Å². The molecule has 0 bridgehead atoms. The van der Waals surface area contributed by atoms with E-state index in [1.807, 2.05) is 29.8 Å². The van der Waals surface area contributed by atoms with Crippen LogP contribution in [0.25, 0.3) is 10.9 Å². The van der Waals surface area contributed by atoms with Crippen molar-refractivity contribution < 1.29 is 14.3 Å². The lowest BCUT2D eigenvalue weighted by Crippen LogP contribution is -2.34. The Morgan fingerprint density at radius 3 is 2.82 bits per heavy atom. The van der Waals surface area contributed by atoms with Gasteiger partial charge in [-0.25, -0.2) is 0 Å². The van der Waals surface area contributed by atoms with Gasteiger partial charge < -0.3 is 14.2 Å². The molecule has 1 amide bonds. The smallest absolute Gasteiger partial charge is 0.271 e. The monoisotopic (exact) mass is 364 g/mol. The average molecular weight is 365 g/mol. The van der Waals surface area contributed by atoms with Crippen LogP contribution >= 0.6 is 15.9 Å². The Hall–Kier alpha value is -1.66. The van der Waals surface area contributed by atoms with Gasteiger partial charge in [0.2, 0.25) is 0 Å². The van der Waals surface area contributed by atoms with Crippen molar-refractivity contribution in [1.29, 1.82) is 0 Å². The van der Waals surface area contributed by atoms with Crippen LogP contribution in [0, 0.1) is 0 Å². The van der Waals surface area contributed by atoms with Gasteiger partial charge in [-0.2, -0.15) is 0 Å². The molecule has 1 aromatic carbocycles. The molecule has 0 unspecified atom stereocenters. The van der Waals surface area contributed by atoms with Gasteiger partial charge in [-0.1, -0.05) is 15.9 Å². The fraction of sp³-hybridized carbons (Fsp3) is 0.375. The SMILES string of the molecule is COCCN1CCC(=O)c2c(n(C)c3ccc(Br)cc23)C1=O. The third-order valence-corrected chi connectivity index (χ3v) is 4.60. The molecule has 0 N–H and O–H groups in total.